The number of carbonyl (C=O) groups excluding carboxylic acids is 1. The highest BCUT2D eigenvalue weighted by Crippen LogP contribution is 2.21. The monoisotopic (exact) mass is 240 g/mol. The highest BCUT2D eigenvalue weighted by atomic mass is 35.5. The van der Waals surface area contributed by atoms with E-state index in [-0.39, 0.29) is 24.4 Å². The molecular weight excluding hydrogens is 224 g/mol. The second-order valence-electron chi connectivity index (χ2n) is 4.17. The van der Waals surface area contributed by atoms with Crippen molar-refractivity contribution in [2.24, 2.45) is 5.73 Å². The summed E-state index contributed by atoms with van der Waals surface area (Å²) in [7, 11) is 0. The van der Waals surface area contributed by atoms with Crippen molar-refractivity contribution < 1.29 is 4.79 Å². The summed E-state index contributed by atoms with van der Waals surface area (Å²) >= 11 is 0. The lowest BCUT2D eigenvalue weighted by atomic mass is 10.1. The molecule has 0 radical (unpaired) electrons. The van der Waals surface area contributed by atoms with Crippen LogP contribution in [0.5, 0.6) is 0 Å². The van der Waals surface area contributed by atoms with Gasteiger partial charge in [-0.2, -0.15) is 0 Å². The molecule has 1 amide bonds. The summed E-state index contributed by atoms with van der Waals surface area (Å²) in [6.07, 6.45) is 1.85. The molecule has 0 heterocycles. The summed E-state index contributed by atoms with van der Waals surface area (Å²) in [5.74, 6) is -0.0622. The van der Waals surface area contributed by atoms with Crippen molar-refractivity contribution in [2.45, 2.75) is 31.8 Å². The molecule has 4 heteroatoms. The van der Waals surface area contributed by atoms with Crippen LogP contribution in [0.25, 0.3) is 0 Å². The highest BCUT2D eigenvalue weighted by molar-refractivity contribution is 5.85. The van der Waals surface area contributed by atoms with E-state index in [1.807, 2.05) is 12.1 Å². The van der Waals surface area contributed by atoms with Crippen LogP contribution in [0.15, 0.2) is 24.3 Å². The first-order valence-corrected chi connectivity index (χ1v) is 5.29. The van der Waals surface area contributed by atoms with Crippen LogP contribution in [0, 0.1) is 0 Å². The summed E-state index contributed by atoms with van der Waals surface area (Å²) < 4.78 is 0. The van der Waals surface area contributed by atoms with Crippen molar-refractivity contribution in [3.05, 3.63) is 35.4 Å². The van der Waals surface area contributed by atoms with Crippen LogP contribution in [0.2, 0.25) is 0 Å². The van der Waals surface area contributed by atoms with Crippen molar-refractivity contribution in [3.8, 4) is 0 Å². The Hall–Kier alpha value is -1.06. The van der Waals surface area contributed by atoms with Gasteiger partial charge in [0, 0.05) is 6.04 Å². The van der Waals surface area contributed by atoms with Gasteiger partial charge in [-0.1, -0.05) is 24.3 Å². The maximum atomic E-state index is 11.4. The van der Waals surface area contributed by atoms with Gasteiger partial charge in [-0.05, 0) is 30.9 Å². The molecule has 88 valence electrons. The van der Waals surface area contributed by atoms with E-state index in [4.69, 9.17) is 5.73 Å². The summed E-state index contributed by atoms with van der Waals surface area (Å²) in [5.41, 5.74) is 8.19. The molecule has 2 rings (SSSR count). The normalized spacial score (nSPS) is 16.1. The number of nitrogens with one attached hydrogen (secondary N) is 1. The standard InChI is InChI=1S/C12H16N2O.ClH/c1-8(13)12(15)14-11-6-9-4-2-3-5-10(9)7-11;/h2-5,8,11H,6-7,13H2,1H3,(H,14,15);1H/t8-;/m1./s1. The molecule has 0 aromatic heterocycles. The van der Waals surface area contributed by atoms with E-state index in [0.717, 1.165) is 12.8 Å². The first kappa shape index (κ1) is 13.0. The molecule has 1 atom stereocenters. The number of rotatable bonds is 2. The Morgan fingerprint density at radius 2 is 1.88 bits per heavy atom. The predicted molar refractivity (Wildman–Crippen MR) is 66.7 cm³/mol. The van der Waals surface area contributed by atoms with Crippen LogP contribution in [0.1, 0.15) is 18.1 Å². The summed E-state index contributed by atoms with van der Waals surface area (Å²) in [6.45, 7) is 1.71. The molecule has 3 nitrogen and oxygen atoms in total. The number of amides is 1. The quantitative estimate of drug-likeness (QED) is 0.812. The van der Waals surface area contributed by atoms with Crippen LogP contribution < -0.4 is 11.1 Å². The number of carbonyl (C=O) groups is 1. The Morgan fingerprint density at radius 1 is 1.38 bits per heavy atom. The summed E-state index contributed by atoms with van der Waals surface area (Å²) in [6, 6.07) is 8.11. The Morgan fingerprint density at radius 3 is 2.31 bits per heavy atom. The first-order valence-electron chi connectivity index (χ1n) is 5.29. The average Bonchev–Trinajstić information content (AvgIpc) is 2.59. The molecule has 1 aliphatic carbocycles. The number of hydrogen-bond donors (Lipinski definition) is 2. The molecule has 0 aliphatic heterocycles. The van der Waals surface area contributed by atoms with Gasteiger partial charge in [-0.3, -0.25) is 4.79 Å². The van der Waals surface area contributed by atoms with Gasteiger partial charge in [-0.15, -0.1) is 12.4 Å². The lowest BCUT2D eigenvalue weighted by Crippen LogP contribution is -2.44. The predicted octanol–water partition coefficient (Wildman–Crippen LogP) is 1.04. The number of nitrogens with two attached hydrogens (primary N) is 1. The first-order chi connectivity index (χ1) is 7.16. The molecule has 0 saturated carbocycles. The second-order valence-corrected chi connectivity index (χ2v) is 4.17. The van der Waals surface area contributed by atoms with E-state index < -0.39 is 6.04 Å². The van der Waals surface area contributed by atoms with Crippen LogP contribution in [0.4, 0.5) is 0 Å². The minimum Gasteiger partial charge on any atom is -0.351 e. The fraction of sp³-hybridized carbons (Fsp3) is 0.417. The maximum Gasteiger partial charge on any atom is 0.236 e. The fourth-order valence-corrected chi connectivity index (χ4v) is 1.99. The molecule has 0 bridgehead atoms. The molecule has 0 fully saturated rings. The molecule has 3 N–H and O–H groups in total. The number of benzene rings is 1. The largest absolute Gasteiger partial charge is 0.351 e. The van der Waals surface area contributed by atoms with E-state index in [1.54, 1.807) is 6.92 Å². The van der Waals surface area contributed by atoms with E-state index >= 15 is 0 Å². The van der Waals surface area contributed by atoms with Crippen LogP contribution in [-0.4, -0.2) is 18.0 Å². The van der Waals surface area contributed by atoms with E-state index in [0.29, 0.717) is 0 Å². The van der Waals surface area contributed by atoms with Crippen molar-refractivity contribution in [1.29, 1.82) is 0 Å². The lowest BCUT2D eigenvalue weighted by Gasteiger charge is -2.13. The van der Waals surface area contributed by atoms with Gasteiger partial charge >= 0.3 is 0 Å². The van der Waals surface area contributed by atoms with Crippen LogP contribution >= 0.6 is 12.4 Å². The zero-order chi connectivity index (χ0) is 10.8. The third kappa shape index (κ3) is 2.74. The van der Waals surface area contributed by atoms with Crippen molar-refractivity contribution >= 4 is 18.3 Å². The third-order valence-corrected chi connectivity index (χ3v) is 2.81. The summed E-state index contributed by atoms with van der Waals surface area (Å²) in [5, 5.41) is 2.96. The van der Waals surface area contributed by atoms with Gasteiger partial charge in [-0.25, -0.2) is 0 Å². The summed E-state index contributed by atoms with van der Waals surface area (Å²) in [4.78, 5) is 11.4. The topological polar surface area (TPSA) is 55.1 Å². The van der Waals surface area contributed by atoms with Gasteiger partial charge in [0.1, 0.15) is 0 Å². The fourth-order valence-electron chi connectivity index (χ4n) is 1.99. The smallest absolute Gasteiger partial charge is 0.236 e. The minimum atomic E-state index is -0.422. The van der Waals surface area contributed by atoms with Crippen molar-refractivity contribution in [1.82, 2.24) is 5.32 Å². The minimum absolute atomic E-state index is 0. The van der Waals surface area contributed by atoms with Gasteiger partial charge in [0.25, 0.3) is 0 Å². The molecule has 1 aromatic carbocycles. The Kier molecular flexibility index (Phi) is 4.33. The number of hydrogen-bond acceptors (Lipinski definition) is 2. The number of halogens is 1. The molecule has 1 aromatic rings. The molecule has 0 unspecified atom stereocenters. The van der Waals surface area contributed by atoms with Crippen molar-refractivity contribution in [3.63, 3.8) is 0 Å². The SMILES string of the molecule is C[C@@H](N)C(=O)NC1Cc2ccccc2C1.Cl. The zero-order valence-corrected chi connectivity index (χ0v) is 10.1. The van der Waals surface area contributed by atoms with Crippen molar-refractivity contribution in [2.75, 3.05) is 0 Å². The molecule has 16 heavy (non-hydrogen) atoms. The Balaban J connectivity index is 0.00000128. The van der Waals surface area contributed by atoms with Gasteiger partial charge in [0.2, 0.25) is 5.91 Å². The van der Waals surface area contributed by atoms with Gasteiger partial charge < -0.3 is 11.1 Å². The molecular formula is C12H17ClN2O. The third-order valence-electron chi connectivity index (χ3n) is 2.81. The molecule has 0 saturated heterocycles. The van der Waals surface area contributed by atoms with E-state index in [2.05, 4.69) is 17.4 Å². The zero-order valence-electron chi connectivity index (χ0n) is 9.27. The van der Waals surface area contributed by atoms with Crippen LogP contribution in [0.3, 0.4) is 0 Å². The van der Waals surface area contributed by atoms with E-state index in [1.165, 1.54) is 11.1 Å². The van der Waals surface area contributed by atoms with Gasteiger partial charge in [0.05, 0.1) is 6.04 Å². The average molecular weight is 241 g/mol. The van der Waals surface area contributed by atoms with E-state index in [9.17, 15) is 4.79 Å². The second kappa shape index (κ2) is 5.32. The van der Waals surface area contributed by atoms with Crippen LogP contribution in [-0.2, 0) is 17.6 Å². The molecule has 0 spiro atoms. The Labute approximate surface area is 102 Å². The molecule has 1 aliphatic rings. The Bertz CT molecular complexity index is 354. The van der Waals surface area contributed by atoms with Gasteiger partial charge in [0.15, 0.2) is 0 Å². The highest BCUT2D eigenvalue weighted by Gasteiger charge is 2.22. The lowest BCUT2D eigenvalue weighted by molar-refractivity contribution is -0.122. The number of fused-ring (bicyclic) bond motifs is 1. The maximum absolute atomic E-state index is 11.4.